The third kappa shape index (κ3) is 6.42. The number of rotatable bonds is 8. The Balaban J connectivity index is 1.75. The fraction of sp³-hybridized carbons (Fsp3) is 0.176. The summed E-state index contributed by atoms with van der Waals surface area (Å²) in [5.41, 5.74) is 0.329. The number of nitrogens with zero attached hydrogens (tertiary/aromatic N) is 1. The molecule has 0 unspecified atom stereocenters. The first-order chi connectivity index (χ1) is 12.1. The molecule has 8 heteroatoms. The van der Waals surface area contributed by atoms with Crippen LogP contribution in [0.5, 0.6) is 5.75 Å². The summed E-state index contributed by atoms with van der Waals surface area (Å²) in [6, 6.07) is 13.8. The number of halogens is 1. The SMILES string of the molecule is O=C(NCC[Se]Sc1ccccc1)/C(Cc1ccc(O)c(F)c1)=N/O. The van der Waals surface area contributed by atoms with Crippen molar-refractivity contribution >= 4 is 35.6 Å². The molecule has 3 N–H and O–H groups in total. The summed E-state index contributed by atoms with van der Waals surface area (Å²) in [5, 5.41) is 24.7. The maximum absolute atomic E-state index is 13.3. The molecular formula is C17H17FN2O3SSe. The van der Waals surface area contributed by atoms with E-state index in [0.29, 0.717) is 12.1 Å². The Hall–Kier alpha value is -2.02. The van der Waals surface area contributed by atoms with Crippen molar-refractivity contribution in [3.05, 3.63) is 59.9 Å². The van der Waals surface area contributed by atoms with Crippen molar-refractivity contribution in [3.8, 4) is 5.75 Å². The predicted molar refractivity (Wildman–Crippen MR) is 96.9 cm³/mol. The molecule has 1 amide bonds. The molecule has 2 aromatic rings. The normalized spacial score (nSPS) is 11.3. The van der Waals surface area contributed by atoms with Crippen LogP contribution < -0.4 is 5.32 Å². The molecule has 0 aliphatic carbocycles. The van der Waals surface area contributed by atoms with Crippen LogP contribution in [-0.4, -0.2) is 42.3 Å². The number of phenols is 1. The van der Waals surface area contributed by atoms with Crippen molar-refractivity contribution in [1.29, 1.82) is 0 Å². The molecule has 0 bridgehead atoms. The Labute approximate surface area is 154 Å². The third-order valence-corrected chi connectivity index (χ3v) is 7.32. The zero-order chi connectivity index (χ0) is 18.1. The summed E-state index contributed by atoms with van der Waals surface area (Å²) >= 11 is 0.283. The van der Waals surface area contributed by atoms with E-state index >= 15 is 0 Å². The number of benzene rings is 2. The summed E-state index contributed by atoms with van der Waals surface area (Å²) in [4.78, 5) is 13.2. The van der Waals surface area contributed by atoms with Gasteiger partial charge in [0.2, 0.25) is 0 Å². The maximum atomic E-state index is 13.3. The second kappa shape index (κ2) is 10.1. The molecule has 0 radical (unpaired) electrons. The number of hydrogen-bond donors (Lipinski definition) is 3. The van der Waals surface area contributed by atoms with E-state index in [1.54, 1.807) is 10.2 Å². The van der Waals surface area contributed by atoms with E-state index in [2.05, 4.69) is 10.5 Å². The van der Waals surface area contributed by atoms with Crippen LogP contribution in [0.2, 0.25) is 5.32 Å². The van der Waals surface area contributed by atoms with Crippen LogP contribution in [0.4, 0.5) is 4.39 Å². The first-order valence-electron chi connectivity index (χ1n) is 7.41. The van der Waals surface area contributed by atoms with Gasteiger partial charge in [-0.05, 0) is 0 Å². The van der Waals surface area contributed by atoms with E-state index in [-0.39, 0.29) is 26.0 Å². The van der Waals surface area contributed by atoms with Crippen LogP contribution in [0.3, 0.4) is 0 Å². The van der Waals surface area contributed by atoms with Gasteiger partial charge in [-0.15, -0.1) is 0 Å². The number of hydrogen-bond acceptors (Lipinski definition) is 5. The van der Waals surface area contributed by atoms with Crippen molar-refractivity contribution in [2.24, 2.45) is 5.16 Å². The number of amides is 1. The van der Waals surface area contributed by atoms with Gasteiger partial charge in [-0.25, -0.2) is 0 Å². The molecule has 25 heavy (non-hydrogen) atoms. The topological polar surface area (TPSA) is 81.9 Å². The first-order valence-corrected chi connectivity index (χ1v) is 11.5. The van der Waals surface area contributed by atoms with Gasteiger partial charge in [0, 0.05) is 0 Å². The van der Waals surface area contributed by atoms with Crippen LogP contribution in [0, 0.1) is 5.82 Å². The monoisotopic (exact) mass is 428 g/mol. The molecule has 0 aliphatic heterocycles. The minimum absolute atomic E-state index is 0.0244. The second-order valence-electron chi connectivity index (χ2n) is 4.98. The van der Waals surface area contributed by atoms with Gasteiger partial charge in [0.25, 0.3) is 0 Å². The quantitative estimate of drug-likeness (QED) is 0.199. The predicted octanol–water partition coefficient (Wildman–Crippen LogP) is 2.85. The number of phenolic OH excluding ortho intramolecular Hbond substituents is 1. The van der Waals surface area contributed by atoms with Gasteiger partial charge in [-0.2, -0.15) is 0 Å². The molecule has 2 aromatic carbocycles. The average Bonchev–Trinajstić information content (AvgIpc) is 2.63. The summed E-state index contributed by atoms with van der Waals surface area (Å²) in [6.07, 6.45) is -0.0244. The number of aromatic hydroxyl groups is 1. The van der Waals surface area contributed by atoms with Gasteiger partial charge in [0.1, 0.15) is 0 Å². The zero-order valence-electron chi connectivity index (χ0n) is 13.2. The number of nitrogens with one attached hydrogen (secondary N) is 1. The van der Waals surface area contributed by atoms with Crippen LogP contribution in [0.25, 0.3) is 0 Å². The van der Waals surface area contributed by atoms with Crippen molar-refractivity contribution < 1.29 is 19.5 Å². The van der Waals surface area contributed by atoms with Gasteiger partial charge < -0.3 is 0 Å². The fourth-order valence-corrected chi connectivity index (χ4v) is 5.30. The average molecular weight is 427 g/mol. The van der Waals surface area contributed by atoms with Crippen LogP contribution in [0.1, 0.15) is 5.56 Å². The minimum atomic E-state index is -0.782. The third-order valence-electron chi connectivity index (χ3n) is 3.14. The van der Waals surface area contributed by atoms with Crippen molar-refractivity contribution in [1.82, 2.24) is 5.32 Å². The summed E-state index contributed by atoms with van der Waals surface area (Å²) in [6.45, 7) is 0.474. The number of carbonyl (C=O) groups excluding carboxylic acids is 1. The molecule has 0 spiro atoms. The summed E-state index contributed by atoms with van der Waals surface area (Å²) in [5.74, 6) is -1.74. The van der Waals surface area contributed by atoms with Gasteiger partial charge in [0.05, 0.1) is 0 Å². The Morgan fingerprint density at radius 2 is 2.00 bits per heavy atom. The Kier molecular flexibility index (Phi) is 7.78. The Bertz CT molecular complexity index is 744. The number of oxime groups is 1. The zero-order valence-corrected chi connectivity index (χ0v) is 15.7. The van der Waals surface area contributed by atoms with Crippen molar-refractivity contribution in [2.45, 2.75) is 16.6 Å². The summed E-state index contributed by atoms with van der Waals surface area (Å²) < 4.78 is 13.3. The molecule has 2 rings (SSSR count). The van der Waals surface area contributed by atoms with E-state index in [4.69, 9.17) is 10.3 Å². The molecule has 0 aliphatic rings. The molecule has 132 valence electrons. The van der Waals surface area contributed by atoms with Crippen molar-refractivity contribution in [2.75, 3.05) is 6.54 Å². The number of carbonyl (C=O) groups is 1. The first kappa shape index (κ1) is 19.3. The molecule has 0 saturated heterocycles. The molecule has 0 aromatic heterocycles. The van der Waals surface area contributed by atoms with Gasteiger partial charge in [-0.1, -0.05) is 0 Å². The molecular weight excluding hydrogens is 410 g/mol. The van der Waals surface area contributed by atoms with Gasteiger partial charge in [0.15, 0.2) is 0 Å². The van der Waals surface area contributed by atoms with E-state index in [0.717, 1.165) is 11.4 Å². The molecule has 0 heterocycles. The van der Waals surface area contributed by atoms with E-state index in [1.807, 2.05) is 30.3 Å². The van der Waals surface area contributed by atoms with Crippen LogP contribution in [0.15, 0.2) is 58.6 Å². The van der Waals surface area contributed by atoms with Crippen LogP contribution >= 0.6 is 10.2 Å². The molecule has 5 nitrogen and oxygen atoms in total. The van der Waals surface area contributed by atoms with Gasteiger partial charge in [-0.3, -0.25) is 0 Å². The molecule has 0 atom stereocenters. The Morgan fingerprint density at radius 1 is 1.24 bits per heavy atom. The second-order valence-corrected chi connectivity index (χ2v) is 9.25. The van der Waals surface area contributed by atoms with Crippen LogP contribution in [-0.2, 0) is 11.2 Å². The van der Waals surface area contributed by atoms with E-state index in [9.17, 15) is 9.18 Å². The fourth-order valence-electron chi connectivity index (χ4n) is 1.91. The molecule has 0 saturated carbocycles. The molecule has 0 fully saturated rings. The Morgan fingerprint density at radius 3 is 2.68 bits per heavy atom. The summed E-state index contributed by atoms with van der Waals surface area (Å²) in [7, 11) is 1.76. The van der Waals surface area contributed by atoms with Crippen molar-refractivity contribution in [3.63, 3.8) is 0 Å². The standard InChI is InChI=1S/C17H17FN2O3SSe/c18-14-10-12(6-7-16(14)21)11-15(20-23)17(22)19-8-9-25-24-13-4-2-1-3-5-13/h1-7,10,21,23H,8-9,11H2,(H,19,22)/b20-15+. The van der Waals surface area contributed by atoms with E-state index < -0.39 is 17.5 Å². The van der Waals surface area contributed by atoms with E-state index in [1.165, 1.54) is 17.0 Å². The van der Waals surface area contributed by atoms with Gasteiger partial charge >= 0.3 is 154 Å².